The molecule has 0 atom stereocenters. The highest BCUT2D eigenvalue weighted by molar-refractivity contribution is 5.88. The van der Waals surface area contributed by atoms with Crippen LogP contribution in [-0.2, 0) is 6.54 Å². The Balaban J connectivity index is 2.11. The molecule has 82 valence electrons. The molecule has 0 aromatic heterocycles. The number of benzene rings is 1. The Morgan fingerprint density at radius 1 is 1.38 bits per heavy atom. The lowest BCUT2D eigenvalue weighted by molar-refractivity contribution is -0.384. The molecule has 0 amide bonds. The second-order valence-electron chi connectivity index (χ2n) is 4.11. The fraction of sp³-hybridized carbons (Fsp3) is 0.364. The second kappa shape index (κ2) is 3.30. The van der Waals surface area contributed by atoms with E-state index in [0.717, 1.165) is 36.3 Å². The van der Waals surface area contributed by atoms with Crippen LogP contribution in [0.15, 0.2) is 17.1 Å². The zero-order valence-electron chi connectivity index (χ0n) is 8.72. The normalized spacial score (nSPS) is 17.1. The van der Waals surface area contributed by atoms with Gasteiger partial charge in [0.2, 0.25) is 0 Å². The topological polar surface area (TPSA) is 58.7 Å². The molecule has 2 heterocycles. The van der Waals surface area contributed by atoms with E-state index in [9.17, 15) is 10.1 Å². The molecule has 0 aliphatic carbocycles. The third-order valence-corrected chi connectivity index (χ3v) is 3.12. The summed E-state index contributed by atoms with van der Waals surface area (Å²) < 4.78 is 0. The summed E-state index contributed by atoms with van der Waals surface area (Å²) in [6.07, 6.45) is 2.83. The van der Waals surface area contributed by atoms with E-state index in [1.165, 1.54) is 0 Å². The lowest BCUT2D eigenvalue weighted by Crippen LogP contribution is -2.37. The Hall–Kier alpha value is -1.91. The Bertz CT molecular complexity index is 492. The van der Waals surface area contributed by atoms with Gasteiger partial charge in [0.15, 0.2) is 0 Å². The first-order valence-corrected chi connectivity index (χ1v) is 5.32. The van der Waals surface area contributed by atoms with E-state index in [0.29, 0.717) is 6.54 Å². The van der Waals surface area contributed by atoms with E-state index in [4.69, 9.17) is 0 Å². The van der Waals surface area contributed by atoms with Gasteiger partial charge in [-0.2, -0.15) is 0 Å². The molecule has 0 N–H and O–H groups in total. The van der Waals surface area contributed by atoms with Crippen molar-refractivity contribution in [3.05, 3.63) is 33.4 Å². The molecule has 2 aliphatic rings. The Morgan fingerprint density at radius 2 is 2.19 bits per heavy atom. The van der Waals surface area contributed by atoms with Crippen LogP contribution in [0.5, 0.6) is 0 Å². The number of hydrogen-bond acceptors (Lipinski definition) is 4. The van der Waals surface area contributed by atoms with Gasteiger partial charge in [-0.05, 0) is 18.1 Å². The maximum Gasteiger partial charge on any atom is 0.293 e. The SMILES string of the molecule is O=[N+]([O-])c1cc2c(cc1N1CCC1)CN=C2. The van der Waals surface area contributed by atoms with Gasteiger partial charge in [-0.1, -0.05) is 0 Å². The third-order valence-electron chi connectivity index (χ3n) is 3.12. The first-order valence-electron chi connectivity index (χ1n) is 5.32. The minimum atomic E-state index is -0.305. The van der Waals surface area contributed by atoms with Crippen molar-refractivity contribution in [3.63, 3.8) is 0 Å². The van der Waals surface area contributed by atoms with Gasteiger partial charge in [-0.3, -0.25) is 15.1 Å². The van der Waals surface area contributed by atoms with Crippen molar-refractivity contribution < 1.29 is 4.92 Å². The molecule has 1 aromatic rings. The smallest absolute Gasteiger partial charge is 0.293 e. The number of nitro groups is 1. The second-order valence-corrected chi connectivity index (χ2v) is 4.11. The minimum absolute atomic E-state index is 0.201. The van der Waals surface area contributed by atoms with Crippen molar-refractivity contribution in [1.29, 1.82) is 0 Å². The molecule has 16 heavy (non-hydrogen) atoms. The fourth-order valence-electron chi connectivity index (χ4n) is 2.09. The third kappa shape index (κ3) is 1.28. The predicted octanol–water partition coefficient (Wildman–Crippen LogP) is 1.74. The van der Waals surface area contributed by atoms with Gasteiger partial charge in [-0.25, -0.2) is 0 Å². The predicted molar refractivity (Wildman–Crippen MR) is 61.2 cm³/mol. The Morgan fingerprint density at radius 3 is 2.81 bits per heavy atom. The Labute approximate surface area is 92.6 Å². The first kappa shape index (κ1) is 9.33. The lowest BCUT2D eigenvalue weighted by atomic mass is 10.0. The van der Waals surface area contributed by atoms with Crippen molar-refractivity contribution in [2.24, 2.45) is 4.99 Å². The van der Waals surface area contributed by atoms with E-state index in [1.54, 1.807) is 12.3 Å². The highest BCUT2D eigenvalue weighted by atomic mass is 16.6. The fourth-order valence-corrected chi connectivity index (χ4v) is 2.09. The maximum atomic E-state index is 11.0. The van der Waals surface area contributed by atoms with Gasteiger partial charge >= 0.3 is 0 Å². The van der Waals surface area contributed by atoms with Crippen LogP contribution in [0.3, 0.4) is 0 Å². The molecule has 0 spiro atoms. The van der Waals surface area contributed by atoms with Crippen LogP contribution in [0.25, 0.3) is 0 Å². The van der Waals surface area contributed by atoms with Crippen LogP contribution >= 0.6 is 0 Å². The van der Waals surface area contributed by atoms with Crippen molar-refractivity contribution in [2.75, 3.05) is 18.0 Å². The van der Waals surface area contributed by atoms with Gasteiger partial charge in [0.25, 0.3) is 5.69 Å². The molecule has 1 saturated heterocycles. The van der Waals surface area contributed by atoms with E-state index < -0.39 is 0 Å². The number of hydrogen-bond donors (Lipinski definition) is 0. The van der Waals surface area contributed by atoms with Crippen LogP contribution in [0.4, 0.5) is 11.4 Å². The largest absolute Gasteiger partial charge is 0.366 e. The molecule has 0 saturated carbocycles. The zero-order valence-corrected chi connectivity index (χ0v) is 8.72. The highest BCUT2D eigenvalue weighted by Crippen LogP contribution is 2.35. The number of fused-ring (bicyclic) bond motifs is 1. The summed E-state index contributed by atoms with van der Waals surface area (Å²) in [7, 11) is 0. The van der Waals surface area contributed by atoms with E-state index in [1.807, 2.05) is 6.07 Å². The summed E-state index contributed by atoms with van der Waals surface area (Å²) >= 11 is 0. The van der Waals surface area contributed by atoms with Gasteiger partial charge in [-0.15, -0.1) is 0 Å². The number of aliphatic imine (C=N–C) groups is 1. The molecule has 5 heteroatoms. The number of nitrogens with zero attached hydrogens (tertiary/aromatic N) is 3. The lowest BCUT2D eigenvalue weighted by Gasteiger charge is -2.32. The Kier molecular flexibility index (Phi) is 1.92. The summed E-state index contributed by atoms with van der Waals surface area (Å²) in [5, 5.41) is 11.0. The standard InChI is InChI=1S/C11H11N3O2/c15-14(16)11-5-9-7-12-6-8(9)4-10(11)13-2-1-3-13/h4-5,7H,1-3,6H2. The molecular formula is C11H11N3O2. The first-order chi connectivity index (χ1) is 7.75. The van der Waals surface area contributed by atoms with E-state index in [-0.39, 0.29) is 10.6 Å². The summed E-state index contributed by atoms with van der Waals surface area (Å²) in [6.45, 7) is 2.48. The monoisotopic (exact) mass is 217 g/mol. The van der Waals surface area contributed by atoms with Crippen LogP contribution < -0.4 is 4.90 Å². The maximum absolute atomic E-state index is 11.0. The van der Waals surface area contributed by atoms with Crippen LogP contribution in [0.2, 0.25) is 0 Å². The molecule has 0 radical (unpaired) electrons. The minimum Gasteiger partial charge on any atom is -0.366 e. The van der Waals surface area contributed by atoms with Gasteiger partial charge < -0.3 is 4.90 Å². The van der Waals surface area contributed by atoms with Crippen molar-refractivity contribution in [1.82, 2.24) is 0 Å². The van der Waals surface area contributed by atoms with Gasteiger partial charge in [0, 0.05) is 30.9 Å². The average molecular weight is 217 g/mol. The quantitative estimate of drug-likeness (QED) is 0.560. The van der Waals surface area contributed by atoms with Crippen molar-refractivity contribution in [3.8, 4) is 0 Å². The van der Waals surface area contributed by atoms with Gasteiger partial charge in [0.1, 0.15) is 5.69 Å². The summed E-state index contributed by atoms with van der Waals surface area (Å²) in [5.74, 6) is 0. The van der Waals surface area contributed by atoms with Crippen LogP contribution in [0, 0.1) is 10.1 Å². The summed E-state index contributed by atoms with van der Waals surface area (Å²) in [4.78, 5) is 16.9. The van der Waals surface area contributed by atoms with E-state index in [2.05, 4.69) is 9.89 Å². The number of nitro benzene ring substituents is 1. The molecule has 1 fully saturated rings. The highest BCUT2D eigenvalue weighted by Gasteiger charge is 2.26. The molecule has 2 aliphatic heterocycles. The zero-order chi connectivity index (χ0) is 11.1. The average Bonchev–Trinajstić information content (AvgIpc) is 2.60. The molecule has 5 nitrogen and oxygen atoms in total. The van der Waals surface area contributed by atoms with E-state index >= 15 is 0 Å². The summed E-state index contributed by atoms with van der Waals surface area (Å²) in [6, 6.07) is 3.55. The van der Waals surface area contributed by atoms with Gasteiger partial charge in [0.05, 0.1) is 11.5 Å². The van der Waals surface area contributed by atoms with Crippen LogP contribution in [-0.4, -0.2) is 24.2 Å². The molecular weight excluding hydrogens is 206 g/mol. The van der Waals surface area contributed by atoms with Crippen LogP contribution in [0.1, 0.15) is 17.5 Å². The number of anilines is 1. The van der Waals surface area contributed by atoms with Crippen molar-refractivity contribution in [2.45, 2.75) is 13.0 Å². The van der Waals surface area contributed by atoms with Crippen molar-refractivity contribution >= 4 is 17.6 Å². The summed E-state index contributed by atoms with van der Waals surface area (Å²) in [5.41, 5.74) is 2.93. The molecule has 1 aromatic carbocycles. The molecule has 3 rings (SSSR count). The molecule has 0 bridgehead atoms. The molecule has 0 unspecified atom stereocenters. The number of rotatable bonds is 2.